The van der Waals surface area contributed by atoms with Crippen molar-refractivity contribution in [3.05, 3.63) is 29.8 Å². The van der Waals surface area contributed by atoms with Crippen LogP contribution in [0.15, 0.2) is 24.3 Å². The van der Waals surface area contributed by atoms with Gasteiger partial charge in [-0.2, -0.15) is 0 Å². The zero-order valence-corrected chi connectivity index (χ0v) is 12.1. The van der Waals surface area contributed by atoms with Crippen molar-refractivity contribution in [3.63, 3.8) is 0 Å². The molecule has 2 atom stereocenters. The fourth-order valence-corrected chi connectivity index (χ4v) is 2.20. The Kier molecular flexibility index (Phi) is 6.12. The summed E-state index contributed by atoms with van der Waals surface area (Å²) in [6, 6.07) is 7.96. The average Bonchev–Trinajstić information content (AvgIpc) is 2.39. The van der Waals surface area contributed by atoms with E-state index < -0.39 is 0 Å². The summed E-state index contributed by atoms with van der Waals surface area (Å²) < 4.78 is 5.58. The highest BCUT2D eigenvalue weighted by Crippen LogP contribution is 2.31. The van der Waals surface area contributed by atoms with Gasteiger partial charge in [-0.15, -0.1) is 12.4 Å². The van der Waals surface area contributed by atoms with E-state index in [1.807, 2.05) is 38.2 Å². The minimum Gasteiger partial charge on any atom is -0.493 e. The molecule has 1 aromatic rings. The summed E-state index contributed by atoms with van der Waals surface area (Å²) in [4.78, 5) is 12.0. The zero-order valence-electron chi connectivity index (χ0n) is 11.3. The van der Waals surface area contributed by atoms with E-state index in [0.29, 0.717) is 13.2 Å². The number of hydrogen-bond acceptors (Lipinski definition) is 3. The number of nitrogens with one attached hydrogen (secondary N) is 2. The quantitative estimate of drug-likeness (QED) is 0.888. The molecule has 1 heterocycles. The van der Waals surface area contributed by atoms with Crippen molar-refractivity contribution in [1.82, 2.24) is 10.6 Å². The molecular weight excluding hydrogens is 264 g/mol. The molecule has 0 saturated heterocycles. The maximum atomic E-state index is 12.0. The number of fused-ring (bicyclic) bond motifs is 1. The molecule has 0 spiro atoms. The molecule has 1 amide bonds. The number of ether oxygens (including phenoxy) is 1. The van der Waals surface area contributed by atoms with Crippen LogP contribution in [0.5, 0.6) is 5.75 Å². The van der Waals surface area contributed by atoms with Gasteiger partial charge < -0.3 is 15.4 Å². The smallest absolute Gasteiger partial charge is 0.224 e. The maximum absolute atomic E-state index is 12.0. The Hall–Kier alpha value is -1.26. The summed E-state index contributed by atoms with van der Waals surface area (Å²) >= 11 is 0. The fraction of sp³-hybridized carbons (Fsp3) is 0.500. The highest BCUT2D eigenvalue weighted by molar-refractivity contribution is 5.85. The van der Waals surface area contributed by atoms with Crippen molar-refractivity contribution >= 4 is 18.3 Å². The summed E-state index contributed by atoms with van der Waals surface area (Å²) in [6.07, 6.45) is 0.828. The van der Waals surface area contributed by atoms with Gasteiger partial charge in [0.15, 0.2) is 0 Å². The largest absolute Gasteiger partial charge is 0.493 e. The number of carbonyl (C=O) groups is 1. The Labute approximate surface area is 120 Å². The molecule has 4 nitrogen and oxygen atoms in total. The Morgan fingerprint density at radius 1 is 1.47 bits per heavy atom. The van der Waals surface area contributed by atoms with Gasteiger partial charge in [-0.1, -0.05) is 25.1 Å². The number of para-hydroxylation sites is 1. The van der Waals surface area contributed by atoms with E-state index in [1.165, 1.54) is 0 Å². The molecule has 0 saturated carbocycles. The molecule has 2 unspecified atom stereocenters. The fourth-order valence-electron chi connectivity index (χ4n) is 2.20. The SMILES string of the molecule is CNCC(C)C(=O)NC1CCOc2ccccc21.Cl. The highest BCUT2D eigenvalue weighted by atomic mass is 35.5. The minimum atomic E-state index is -0.0231. The van der Waals surface area contributed by atoms with Crippen LogP contribution < -0.4 is 15.4 Å². The summed E-state index contributed by atoms with van der Waals surface area (Å²) in [5.74, 6) is 0.950. The van der Waals surface area contributed by atoms with Crippen LogP contribution in [0.4, 0.5) is 0 Å². The van der Waals surface area contributed by atoms with Crippen LogP contribution in [0.2, 0.25) is 0 Å². The molecule has 1 aliphatic heterocycles. The lowest BCUT2D eigenvalue weighted by molar-refractivity contribution is -0.125. The second-order valence-corrected chi connectivity index (χ2v) is 4.69. The first-order valence-electron chi connectivity index (χ1n) is 6.39. The molecule has 1 aromatic carbocycles. The van der Waals surface area contributed by atoms with Gasteiger partial charge in [0.2, 0.25) is 5.91 Å². The van der Waals surface area contributed by atoms with E-state index in [1.54, 1.807) is 0 Å². The van der Waals surface area contributed by atoms with Gasteiger partial charge in [0, 0.05) is 24.4 Å². The molecule has 106 valence electrons. The molecule has 1 aliphatic rings. The molecule has 0 radical (unpaired) electrons. The lowest BCUT2D eigenvalue weighted by Crippen LogP contribution is -2.38. The van der Waals surface area contributed by atoms with E-state index in [4.69, 9.17) is 4.74 Å². The van der Waals surface area contributed by atoms with Crippen molar-refractivity contribution < 1.29 is 9.53 Å². The Morgan fingerprint density at radius 2 is 2.21 bits per heavy atom. The molecule has 19 heavy (non-hydrogen) atoms. The van der Waals surface area contributed by atoms with Gasteiger partial charge in [-0.25, -0.2) is 0 Å². The van der Waals surface area contributed by atoms with Crippen molar-refractivity contribution in [2.24, 2.45) is 5.92 Å². The molecule has 0 aliphatic carbocycles. The minimum absolute atomic E-state index is 0. The van der Waals surface area contributed by atoms with Crippen LogP contribution in [0, 0.1) is 5.92 Å². The lowest BCUT2D eigenvalue weighted by Gasteiger charge is -2.27. The van der Waals surface area contributed by atoms with Crippen molar-refractivity contribution in [2.45, 2.75) is 19.4 Å². The van der Waals surface area contributed by atoms with Gasteiger partial charge in [-0.3, -0.25) is 4.79 Å². The van der Waals surface area contributed by atoms with Crippen molar-refractivity contribution in [3.8, 4) is 5.75 Å². The van der Waals surface area contributed by atoms with E-state index in [0.717, 1.165) is 17.7 Å². The average molecular weight is 285 g/mol. The Balaban J connectivity index is 0.00000180. The lowest BCUT2D eigenvalue weighted by atomic mass is 9.99. The first-order chi connectivity index (χ1) is 8.72. The van der Waals surface area contributed by atoms with E-state index in [-0.39, 0.29) is 30.3 Å². The summed E-state index contributed by atoms with van der Waals surface area (Å²) in [5, 5.41) is 6.12. The van der Waals surface area contributed by atoms with E-state index >= 15 is 0 Å². The van der Waals surface area contributed by atoms with Crippen LogP contribution in [-0.4, -0.2) is 26.1 Å². The van der Waals surface area contributed by atoms with Crippen molar-refractivity contribution in [1.29, 1.82) is 0 Å². The molecule has 5 heteroatoms. The highest BCUT2D eigenvalue weighted by Gasteiger charge is 2.24. The predicted molar refractivity (Wildman–Crippen MR) is 77.8 cm³/mol. The number of hydrogen-bond donors (Lipinski definition) is 2. The maximum Gasteiger partial charge on any atom is 0.224 e. The van der Waals surface area contributed by atoms with Crippen LogP contribution in [0.25, 0.3) is 0 Å². The van der Waals surface area contributed by atoms with Crippen LogP contribution in [0.3, 0.4) is 0 Å². The number of benzene rings is 1. The predicted octanol–water partition coefficient (Wildman–Crippen LogP) is 1.90. The van der Waals surface area contributed by atoms with Gasteiger partial charge in [0.1, 0.15) is 5.75 Å². The Morgan fingerprint density at radius 3 is 2.95 bits per heavy atom. The molecule has 2 rings (SSSR count). The van der Waals surface area contributed by atoms with E-state index in [2.05, 4.69) is 10.6 Å². The third-order valence-corrected chi connectivity index (χ3v) is 3.23. The Bertz CT molecular complexity index is 426. The molecule has 2 N–H and O–H groups in total. The number of carbonyl (C=O) groups excluding carboxylic acids is 1. The number of amides is 1. The molecule has 0 fully saturated rings. The first kappa shape index (κ1) is 15.8. The second kappa shape index (κ2) is 7.36. The topological polar surface area (TPSA) is 50.4 Å². The van der Waals surface area contributed by atoms with Crippen LogP contribution in [-0.2, 0) is 4.79 Å². The second-order valence-electron chi connectivity index (χ2n) is 4.69. The third kappa shape index (κ3) is 3.85. The molecule has 0 aromatic heterocycles. The third-order valence-electron chi connectivity index (χ3n) is 3.23. The van der Waals surface area contributed by atoms with E-state index in [9.17, 15) is 4.79 Å². The van der Waals surface area contributed by atoms with Gasteiger partial charge >= 0.3 is 0 Å². The summed E-state index contributed by atoms with van der Waals surface area (Å²) in [6.45, 7) is 3.27. The van der Waals surface area contributed by atoms with Gasteiger partial charge in [0.25, 0.3) is 0 Å². The first-order valence-corrected chi connectivity index (χ1v) is 6.39. The van der Waals surface area contributed by atoms with Gasteiger partial charge in [-0.05, 0) is 13.1 Å². The molecular formula is C14H21ClN2O2. The standard InChI is InChI=1S/C14H20N2O2.ClH/c1-10(9-15-2)14(17)16-12-7-8-18-13-6-4-3-5-11(12)13;/h3-6,10,12,15H,7-9H2,1-2H3,(H,16,17);1H. The monoisotopic (exact) mass is 284 g/mol. The summed E-state index contributed by atoms with van der Waals surface area (Å²) in [5.41, 5.74) is 1.08. The van der Waals surface area contributed by atoms with Crippen LogP contribution >= 0.6 is 12.4 Å². The number of halogens is 1. The summed E-state index contributed by atoms with van der Waals surface area (Å²) in [7, 11) is 1.85. The van der Waals surface area contributed by atoms with Crippen LogP contribution in [0.1, 0.15) is 24.9 Å². The normalized spacial score (nSPS) is 18.5. The zero-order chi connectivity index (χ0) is 13.0. The number of rotatable bonds is 4. The van der Waals surface area contributed by atoms with Crippen molar-refractivity contribution in [2.75, 3.05) is 20.2 Å². The molecule has 0 bridgehead atoms. The van der Waals surface area contributed by atoms with Gasteiger partial charge in [0.05, 0.1) is 12.6 Å².